The molecule has 56 valence electrons. The van der Waals surface area contributed by atoms with E-state index >= 15 is 0 Å². The molecule has 0 aliphatic heterocycles. The molecule has 0 saturated heterocycles. The number of nitrogens with two attached hydrogens (primary N) is 1. The van der Waals surface area contributed by atoms with Gasteiger partial charge in [-0.2, -0.15) is 13.2 Å². The first-order chi connectivity index (χ1) is 3.92. The minimum absolute atomic E-state index is 0.0660. The number of thioether (sulfide) groups is 1. The van der Waals surface area contributed by atoms with E-state index in [1.54, 1.807) is 6.92 Å². The van der Waals surface area contributed by atoms with Gasteiger partial charge < -0.3 is 5.73 Å². The lowest BCUT2D eigenvalue weighted by molar-refractivity contribution is -0.0328. The zero-order valence-corrected chi connectivity index (χ0v) is 5.72. The standard InChI is InChI=1S/C4H8F3NS/c1-3(8)2-9-4(5,6)7/h3H,2,8H2,1H3/t3-/m1/s1. The van der Waals surface area contributed by atoms with Crippen molar-refractivity contribution in [3.8, 4) is 0 Å². The van der Waals surface area contributed by atoms with E-state index in [-0.39, 0.29) is 17.5 Å². The minimum Gasteiger partial charge on any atom is -0.327 e. The summed E-state index contributed by atoms with van der Waals surface area (Å²) in [7, 11) is 0. The molecule has 1 nitrogen and oxygen atoms in total. The number of rotatable bonds is 2. The van der Waals surface area contributed by atoms with Crippen LogP contribution in [0.15, 0.2) is 0 Å². The average Bonchev–Trinajstić information content (AvgIpc) is 1.59. The van der Waals surface area contributed by atoms with Crippen molar-refractivity contribution in [1.82, 2.24) is 0 Å². The number of alkyl halides is 3. The fourth-order valence-corrected chi connectivity index (χ4v) is 0.678. The van der Waals surface area contributed by atoms with Crippen molar-refractivity contribution in [3.05, 3.63) is 0 Å². The molecule has 0 spiro atoms. The van der Waals surface area contributed by atoms with E-state index in [0.717, 1.165) is 0 Å². The third kappa shape index (κ3) is 8.10. The van der Waals surface area contributed by atoms with E-state index in [0.29, 0.717) is 0 Å². The summed E-state index contributed by atoms with van der Waals surface area (Å²) in [4.78, 5) is 0. The van der Waals surface area contributed by atoms with E-state index in [1.807, 2.05) is 0 Å². The summed E-state index contributed by atoms with van der Waals surface area (Å²) in [5.41, 5.74) is 0.947. The van der Waals surface area contributed by atoms with E-state index in [1.165, 1.54) is 0 Å². The molecule has 0 rings (SSSR count). The lowest BCUT2D eigenvalue weighted by Crippen LogP contribution is -2.20. The lowest BCUT2D eigenvalue weighted by atomic mass is 10.4. The van der Waals surface area contributed by atoms with Crippen LogP contribution >= 0.6 is 11.8 Å². The van der Waals surface area contributed by atoms with E-state index in [9.17, 15) is 13.2 Å². The Morgan fingerprint density at radius 3 is 2.11 bits per heavy atom. The molecule has 0 saturated carbocycles. The SMILES string of the molecule is C[C@@H](N)CSC(F)(F)F. The summed E-state index contributed by atoms with van der Waals surface area (Å²) < 4.78 is 34.0. The van der Waals surface area contributed by atoms with Crippen LogP contribution in [0.4, 0.5) is 13.2 Å². The summed E-state index contributed by atoms with van der Waals surface area (Å²) in [6.07, 6.45) is 0. The highest BCUT2D eigenvalue weighted by Gasteiger charge is 2.27. The molecular formula is C4H8F3NS. The van der Waals surface area contributed by atoms with E-state index < -0.39 is 11.6 Å². The maximum Gasteiger partial charge on any atom is 0.441 e. The van der Waals surface area contributed by atoms with Crippen LogP contribution in [-0.2, 0) is 0 Å². The maximum atomic E-state index is 11.3. The monoisotopic (exact) mass is 159 g/mol. The van der Waals surface area contributed by atoms with E-state index in [4.69, 9.17) is 5.73 Å². The second-order valence-electron chi connectivity index (χ2n) is 1.73. The Bertz CT molecular complexity index is 80.4. The van der Waals surface area contributed by atoms with Crippen LogP contribution < -0.4 is 5.73 Å². The summed E-state index contributed by atoms with van der Waals surface area (Å²) >= 11 is -0.0833. The van der Waals surface area contributed by atoms with Crippen molar-refractivity contribution in [2.75, 3.05) is 5.75 Å². The van der Waals surface area contributed by atoms with Gasteiger partial charge in [-0.15, -0.1) is 0 Å². The van der Waals surface area contributed by atoms with Crippen LogP contribution in [0, 0.1) is 0 Å². The van der Waals surface area contributed by atoms with E-state index in [2.05, 4.69) is 0 Å². The van der Waals surface area contributed by atoms with Gasteiger partial charge in [0.25, 0.3) is 0 Å². The van der Waals surface area contributed by atoms with Crippen molar-refractivity contribution in [2.24, 2.45) is 5.73 Å². The topological polar surface area (TPSA) is 26.0 Å². The van der Waals surface area contributed by atoms with Crippen LogP contribution in [0.5, 0.6) is 0 Å². The molecule has 0 heterocycles. The predicted octanol–water partition coefficient (Wildman–Crippen LogP) is 1.59. The van der Waals surface area contributed by atoms with Gasteiger partial charge in [0.15, 0.2) is 0 Å². The molecule has 0 amide bonds. The molecule has 9 heavy (non-hydrogen) atoms. The minimum atomic E-state index is -4.13. The van der Waals surface area contributed by atoms with Gasteiger partial charge in [-0.05, 0) is 18.7 Å². The van der Waals surface area contributed by atoms with Gasteiger partial charge in [0.2, 0.25) is 0 Å². The summed E-state index contributed by atoms with van der Waals surface area (Å²) in [6.45, 7) is 1.54. The van der Waals surface area contributed by atoms with Crippen molar-refractivity contribution in [2.45, 2.75) is 18.5 Å². The Morgan fingerprint density at radius 2 is 2.00 bits per heavy atom. The summed E-state index contributed by atoms with van der Waals surface area (Å²) in [5.74, 6) is -0.0660. The normalized spacial score (nSPS) is 15.7. The molecule has 0 aliphatic rings. The molecule has 0 unspecified atom stereocenters. The molecule has 2 N–H and O–H groups in total. The van der Waals surface area contributed by atoms with Crippen molar-refractivity contribution >= 4 is 11.8 Å². The van der Waals surface area contributed by atoms with Gasteiger partial charge in [0, 0.05) is 11.8 Å². The number of hydrogen-bond acceptors (Lipinski definition) is 2. The zero-order chi connectivity index (χ0) is 7.49. The second kappa shape index (κ2) is 3.31. The summed E-state index contributed by atoms with van der Waals surface area (Å²) in [5, 5.41) is 0. The highest BCUT2D eigenvalue weighted by atomic mass is 32.2. The van der Waals surface area contributed by atoms with Crippen LogP contribution in [0.25, 0.3) is 0 Å². The van der Waals surface area contributed by atoms with Crippen LogP contribution in [0.2, 0.25) is 0 Å². The second-order valence-corrected chi connectivity index (χ2v) is 2.82. The molecule has 0 aliphatic carbocycles. The third-order valence-corrected chi connectivity index (χ3v) is 1.53. The zero-order valence-electron chi connectivity index (χ0n) is 4.90. The molecule has 0 aromatic rings. The Labute approximate surface area is 55.8 Å². The Balaban J connectivity index is 3.28. The molecular weight excluding hydrogens is 151 g/mol. The molecule has 0 fully saturated rings. The first-order valence-electron chi connectivity index (χ1n) is 2.38. The average molecular weight is 159 g/mol. The first-order valence-corrected chi connectivity index (χ1v) is 3.36. The predicted molar refractivity (Wildman–Crippen MR) is 32.2 cm³/mol. The van der Waals surface area contributed by atoms with Gasteiger partial charge in [0.1, 0.15) is 0 Å². The van der Waals surface area contributed by atoms with Gasteiger partial charge in [-0.1, -0.05) is 0 Å². The van der Waals surface area contributed by atoms with Gasteiger partial charge in [-0.3, -0.25) is 0 Å². The Kier molecular flexibility index (Phi) is 3.35. The highest BCUT2D eigenvalue weighted by Crippen LogP contribution is 2.29. The first kappa shape index (κ1) is 9.10. The van der Waals surface area contributed by atoms with Crippen LogP contribution in [0.1, 0.15) is 6.92 Å². The van der Waals surface area contributed by atoms with Crippen molar-refractivity contribution in [1.29, 1.82) is 0 Å². The number of halogens is 3. The molecule has 0 aromatic carbocycles. The van der Waals surface area contributed by atoms with Crippen molar-refractivity contribution < 1.29 is 13.2 Å². The van der Waals surface area contributed by atoms with Gasteiger partial charge in [-0.25, -0.2) is 0 Å². The molecule has 0 bridgehead atoms. The molecule has 1 atom stereocenters. The molecule has 5 heteroatoms. The van der Waals surface area contributed by atoms with Crippen LogP contribution in [-0.4, -0.2) is 17.3 Å². The van der Waals surface area contributed by atoms with Crippen molar-refractivity contribution in [3.63, 3.8) is 0 Å². The van der Waals surface area contributed by atoms with Gasteiger partial charge in [0.05, 0.1) is 0 Å². The number of hydrogen-bond donors (Lipinski definition) is 1. The largest absolute Gasteiger partial charge is 0.441 e. The smallest absolute Gasteiger partial charge is 0.327 e. The maximum absolute atomic E-state index is 11.3. The quantitative estimate of drug-likeness (QED) is 0.662. The molecule has 0 radical (unpaired) electrons. The van der Waals surface area contributed by atoms with Crippen LogP contribution in [0.3, 0.4) is 0 Å². The summed E-state index contributed by atoms with van der Waals surface area (Å²) in [6, 6.07) is -0.392. The molecule has 0 aromatic heterocycles. The highest BCUT2D eigenvalue weighted by molar-refractivity contribution is 8.00. The Hall–Kier alpha value is 0.100. The fourth-order valence-electron chi connectivity index (χ4n) is 0.226. The third-order valence-electron chi connectivity index (χ3n) is 0.510. The fraction of sp³-hybridized carbons (Fsp3) is 1.00. The lowest BCUT2D eigenvalue weighted by Gasteiger charge is -2.06. The Morgan fingerprint density at radius 1 is 1.56 bits per heavy atom. The van der Waals surface area contributed by atoms with Gasteiger partial charge >= 0.3 is 5.51 Å².